The first-order chi connectivity index (χ1) is 41.7. The number of hydrogen-bond acceptors (Lipinski definition) is 15. The van der Waals surface area contributed by atoms with Gasteiger partial charge < -0.3 is 44.5 Å². The van der Waals surface area contributed by atoms with Gasteiger partial charge in [0.25, 0.3) is 5.56 Å². The Hall–Kier alpha value is -8.31. The highest BCUT2D eigenvalue weighted by Gasteiger charge is 2.45. The number of carbonyl (C=O) groups is 2. The van der Waals surface area contributed by atoms with Crippen molar-refractivity contribution in [3.63, 3.8) is 0 Å². The summed E-state index contributed by atoms with van der Waals surface area (Å²) in [5.41, 5.74) is 7.45. The number of hydrogen-bond donors (Lipinski definition) is 5. The van der Waals surface area contributed by atoms with Crippen LogP contribution < -0.4 is 25.2 Å². The summed E-state index contributed by atoms with van der Waals surface area (Å²) in [6.45, 7) is 10.6. The van der Waals surface area contributed by atoms with Gasteiger partial charge in [-0.25, -0.2) is 4.39 Å². The fourth-order valence-corrected chi connectivity index (χ4v) is 13.8. The molecular formula is C64H70FN13O8. The predicted molar refractivity (Wildman–Crippen MR) is 321 cm³/mol. The molecule has 5 aromatic heterocycles. The van der Waals surface area contributed by atoms with Crippen molar-refractivity contribution in [1.29, 1.82) is 0 Å². The Kier molecular flexibility index (Phi) is 14.3. The largest absolute Gasteiger partial charge is 0.486 e. The number of aromatic amines is 2. The van der Waals surface area contributed by atoms with Gasteiger partial charge >= 0.3 is 6.01 Å². The minimum atomic E-state index is -1.04. The van der Waals surface area contributed by atoms with E-state index in [0.717, 1.165) is 76.9 Å². The zero-order valence-electron chi connectivity index (χ0n) is 48.8. The second kappa shape index (κ2) is 22.2. The summed E-state index contributed by atoms with van der Waals surface area (Å²) >= 11 is 0. The van der Waals surface area contributed by atoms with Crippen molar-refractivity contribution in [3.05, 3.63) is 118 Å². The fourth-order valence-electron chi connectivity index (χ4n) is 13.8. The van der Waals surface area contributed by atoms with E-state index in [0.29, 0.717) is 88.4 Å². The van der Waals surface area contributed by atoms with Crippen LogP contribution in [0.1, 0.15) is 99.6 Å². The molecule has 2 bridgehead atoms. The van der Waals surface area contributed by atoms with Crippen molar-refractivity contribution < 1.29 is 38.4 Å². The zero-order valence-corrected chi connectivity index (χ0v) is 48.8. The van der Waals surface area contributed by atoms with Gasteiger partial charge in [-0.05, 0) is 104 Å². The Morgan fingerprint density at radius 1 is 0.907 bits per heavy atom. The first-order valence-electron chi connectivity index (χ1n) is 30.1. The van der Waals surface area contributed by atoms with Crippen LogP contribution >= 0.6 is 0 Å². The molecule has 4 saturated heterocycles. The van der Waals surface area contributed by atoms with Gasteiger partial charge in [-0.15, -0.1) is 0 Å². The first kappa shape index (κ1) is 55.6. The van der Waals surface area contributed by atoms with Gasteiger partial charge in [0, 0.05) is 108 Å². The number of nitrogens with one attached hydrogen (secondary N) is 3. The third-order valence-electron chi connectivity index (χ3n) is 18.5. The van der Waals surface area contributed by atoms with E-state index in [1.807, 2.05) is 74.0 Å². The standard InChI is InChI=1S/C64H70FN13O8/c1-6-77-52(15-18-67-77)38-12-10-37(11-13-38)51(31-79)69-61(81)53-23-41(80)29-76(53)63(83)58(33(2)3)78-30-47-43-14-7-35(21-49(43)68-62(82)57(47)73-78)32-85-59-55(54-34(4)48(65)25-50-46(54)26-66-72-50)44(36-8-9-36)24-45-56(59)70-64(86-42-16-19-84-20-17-42)71-60(45)75-28-39-22-40(75)27-74(39)5/h7,10-15,18,21,24-26,30,33,36,39-42,51,53,58,79-80H,6,8-9,16-17,19-20,22-23,27-29,31-32H2,1-5H3,(H,66,72)(H,68,82)(H,69,81)/t39-,40-,41+,51-,53-,58?/m0/s1. The average molecular weight is 1170 g/mol. The first-order valence-corrected chi connectivity index (χ1v) is 30.1. The number of aryl methyl sites for hydroxylation is 1. The van der Waals surface area contributed by atoms with Crippen LogP contribution in [-0.4, -0.2) is 153 Å². The van der Waals surface area contributed by atoms with Crippen molar-refractivity contribution >= 4 is 61.2 Å². The Labute approximate surface area is 494 Å². The van der Waals surface area contributed by atoms with Crippen LogP contribution in [0.4, 0.5) is 10.2 Å². The minimum Gasteiger partial charge on any atom is -0.486 e. The van der Waals surface area contributed by atoms with Crippen LogP contribution in [0.25, 0.3) is 66.0 Å². The number of H-pyrrole nitrogens is 2. The lowest BCUT2D eigenvalue weighted by molar-refractivity contribution is -0.142. The van der Waals surface area contributed by atoms with Gasteiger partial charge in [0.2, 0.25) is 11.8 Å². The number of aliphatic hydroxyl groups excluding tert-OH is 2. The molecule has 14 rings (SSSR count). The molecule has 21 nitrogen and oxygen atoms in total. The molecule has 1 unspecified atom stereocenters. The SMILES string of the molecule is CCn1nccc1-c1ccc([C@H](CO)NC(=O)[C@@H]2C[C@@H](O)CN2C(=O)C(C(C)C)n2cc3c(n2)c(=O)[nH]c2cc(COc4c(-c5c(C)c(F)cc6[nH]ncc56)c(C5CC5)cc5c(N6C[C@@H]7C[C@H]6CN7C)nc(OC6CCOCC6)nc45)ccc23)cc1. The van der Waals surface area contributed by atoms with E-state index in [4.69, 9.17) is 29.3 Å². The van der Waals surface area contributed by atoms with Crippen molar-refractivity contribution in [1.82, 2.24) is 59.8 Å². The number of likely N-dealkylation sites (N-methyl/N-ethyl adjacent to an activating group) is 1. The molecule has 0 spiro atoms. The maximum absolute atomic E-state index is 16.3. The van der Waals surface area contributed by atoms with Gasteiger partial charge in [-0.3, -0.25) is 33.7 Å². The fraction of sp³-hybridized carbons (Fsp3) is 0.438. The maximum Gasteiger partial charge on any atom is 0.319 e. The zero-order chi connectivity index (χ0) is 59.2. The summed E-state index contributed by atoms with van der Waals surface area (Å²) in [6.07, 6.45) is 8.37. The van der Waals surface area contributed by atoms with Gasteiger partial charge in [-0.1, -0.05) is 50.2 Å². The highest BCUT2D eigenvalue weighted by Crippen LogP contribution is 2.54. The third-order valence-corrected chi connectivity index (χ3v) is 18.5. The molecule has 5 aliphatic rings. The Morgan fingerprint density at radius 3 is 2.45 bits per heavy atom. The lowest BCUT2D eigenvalue weighted by Gasteiger charge is -2.34. The topological polar surface area (TPSA) is 247 Å². The monoisotopic (exact) mass is 1170 g/mol. The number of amides is 2. The van der Waals surface area contributed by atoms with Crippen molar-refractivity contribution in [3.8, 4) is 34.1 Å². The molecule has 9 aromatic rings. The smallest absolute Gasteiger partial charge is 0.319 e. The molecule has 6 atom stereocenters. The molecule has 2 amide bonds. The number of β-amino-alcohol motifs (C(OH)–C–C–N with tert-alkyl or cyclic N) is 1. The number of ether oxygens (including phenoxy) is 3. The molecule has 9 heterocycles. The molecule has 4 aromatic carbocycles. The highest BCUT2D eigenvalue weighted by molar-refractivity contribution is 6.07. The number of pyridine rings is 1. The molecule has 1 aliphatic carbocycles. The Bertz CT molecular complexity index is 4170. The van der Waals surface area contributed by atoms with Gasteiger partial charge in [0.15, 0.2) is 11.3 Å². The quantitative estimate of drug-likeness (QED) is 0.0589. The summed E-state index contributed by atoms with van der Waals surface area (Å²) in [7, 11) is 2.18. The second-order valence-corrected chi connectivity index (χ2v) is 24.4. The summed E-state index contributed by atoms with van der Waals surface area (Å²) in [6, 6.07) is 16.9. The Balaban J connectivity index is 0.795. The number of aliphatic hydroxyl groups is 2. The van der Waals surface area contributed by atoms with Gasteiger partial charge in [0.05, 0.1) is 49.4 Å². The van der Waals surface area contributed by atoms with Gasteiger partial charge in [0.1, 0.15) is 41.9 Å². The van der Waals surface area contributed by atoms with Crippen LogP contribution in [0.2, 0.25) is 0 Å². The number of fused-ring (bicyclic) bond motifs is 7. The molecule has 86 heavy (non-hydrogen) atoms. The van der Waals surface area contributed by atoms with Crippen LogP contribution in [0.5, 0.6) is 11.8 Å². The molecule has 4 aliphatic heterocycles. The molecule has 5 fully saturated rings. The summed E-state index contributed by atoms with van der Waals surface area (Å²) in [4.78, 5) is 63.0. The molecule has 446 valence electrons. The average Bonchev–Trinajstić information content (AvgIpc) is 1.32. The van der Waals surface area contributed by atoms with Crippen molar-refractivity contribution in [2.24, 2.45) is 5.92 Å². The van der Waals surface area contributed by atoms with Crippen LogP contribution in [0.15, 0.2) is 84.0 Å². The van der Waals surface area contributed by atoms with E-state index in [-0.39, 0.29) is 60.9 Å². The van der Waals surface area contributed by atoms with E-state index in [1.54, 1.807) is 25.5 Å². The van der Waals surface area contributed by atoms with E-state index in [9.17, 15) is 24.6 Å². The Morgan fingerprint density at radius 2 is 1.72 bits per heavy atom. The lowest BCUT2D eigenvalue weighted by atomic mass is 9.88. The number of aromatic nitrogens is 9. The number of halogens is 1. The predicted octanol–water partition coefficient (Wildman–Crippen LogP) is 7.61. The number of anilines is 1. The number of nitrogens with zero attached hydrogens (tertiary/aromatic N) is 10. The van der Waals surface area contributed by atoms with Crippen LogP contribution in [0, 0.1) is 18.7 Å². The summed E-state index contributed by atoms with van der Waals surface area (Å²) in [5.74, 6) is -0.256. The van der Waals surface area contributed by atoms with E-state index >= 15 is 4.39 Å². The second-order valence-electron chi connectivity index (χ2n) is 24.4. The maximum atomic E-state index is 16.3. The molecular weight excluding hydrogens is 1100 g/mol. The van der Waals surface area contributed by atoms with E-state index < -0.39 is 48.2 Å². The van der Waals surface area contributed by atoms with Crippen LogP contribution in [0.3, 0.4) is 0 Å². The number of piperazine rings is 1. The minimum absolute atomic E-state index is 0.00163. The number of likely N-dealkylation sites (tertiary alicyclic amines) is 2. The van der Waals surface area contributed by atoms with Crippen LogP contribution in [-0.2, 0) is 27.5 Å². The van der Waals surface area contributed by atoms with Crippen molar-refractivity contribution in [2.75, 3.05) is 51.4 Å². The normalized spacial score (nSPS) is 20.8. The molecule has 22 heteroatoms. The summed E-state index contributed by atoms with van der Waals surface area (Å²) in [5, 5.41) is 43.8. The van der Waals surface area contributed by atoms with Crippen molar-refractivity contribution in [2.45, 2.75) is 128 Å². The molecule has 1 saturated carbocycles. The van der Waals surface area contributed by atoms with E-state index in [2.05, 4.69) is 48.5 Å². The number of benzene rings is 4. The third kappa shape index (κ3) is 9.88. The van der Waals surface area contributed by atoms with E-state index in [1.165, 1.54) is 15.6 Å². The molecule has 0 radical (unpaired) electrons. The highest BCUT2D eigenvalue weighted by atomic mass is 19.1. The summed E-state index contributed by atoms with van der Waals surface area (Å²) < 4.78 is 39.3. The number of carbonyl (C=O) groups excluding carboxylic acids is 2. The molecule has 5 N–H and O–H groups in total. The van der Waals surface area contributed by atoms with Gasteiger partial charge in [-0.2, -0.15) is 25.3 Å². The number of rotatable bonds is 17. The lowest BCUT2D eigenvalue weighted by Crippen LogP contribution is -2.50.